The Morgan fingerprint density at radius 3 is 2.33 bits per heavy atom. The summed E-state index contributed by atoms with van der Waals surface area (Å²) in [6.45, 7) is -0.169. The van der Waals surface area contributed by atoms with Crippen LogP contribution in [0.5, 0.6) is 5.75 Å². The van der Waals surface area contributed by atoms with Crippen LogP contribution in [-0.2, 0) is 22.6 Å². The fourth-order valence-corrected chi connectivity index (χ4v) is 4.39. The fraction of sp³-hybridized carbons (Fsp3) is 0.133. The number of aliphatic carboxylic acids is 1. The van der Waals surface area contributed by atoms with E-state index in [1.54, 1.807) is 12.1 Å². The summed E-state index contributed by atoms with van der Waals surface area (Å²) in [5.41, 5.74) is 1.65. The first kappa shape index (κ1) is 28.1. The predicted molar refractivity (Wildman–Crippen MR) is 150 cm³/mol. The number of phenols is 1. The number of carbonyl (C=O) groups excluding carboxylic acids is 3. The SMILES string of the molecule is O=C(Cc1cccc2ccccc12)NC[C@H](NC(=O)c1ccc(C(=O)NCc2cccc(O)c2)cc1Cl)C(=O)O. The number of amides is 3. The first-order chi connectivity index (χ1) is 19.2. The smallest absolute Gasteiger partial charge is 0.328 e. The summed E-state index contributed by atoms with van der Waals surface area (Å²) in [4.78, 5) is 49.6. The quantitative estimate of drug-likeness (QED) is 0.200. The highest BCUT2D eigenvalue weighted by atomic mass is 35.5. The molecule has 0 bridgehead atoms. The van der Waals surface area contributed by atoms with Gasteiger partial charge in [0.1, 0.15) is 11.8 Å². The lowest BCUT2D eigenvalue weighted by Crippen LogP contribution is -2.48. The number of aromatic hydroxyl groups is 1. The van der Waals surface area contributed by atoms with Crippen LogP contribution in [0.25, 0.3) is 10.8 Å². The van der Waals surface area contributed by atoms with Gasteiger partial charge >= 0.3 is 5.97 Å². The molecule has 4 aromatic carbocycles. The summed E-state index contributed by atoms with van der Waals surface area (Å²) in [5.74, 6) is -2.87. The van der Waals surface area contributed by atoms with Crippen molar-refractivity contribution in [3.8, 4) is 5.75 Å². The van der Waals surface area contributed by atoms with E-state index in [1.807, 2.05) is 42.5 Å². The van der Waals surface area contributed by atoms with Crippen molar-refractivity contribution in [3.63, 3.8) is 0 Å². The van der Waals surface area contributed by atoms with Crippen molar-refractivity contribution in [2.45, 2.75) is 19.0 Å². The topological polar surface area (TPSA) is 145 Å². The van der Waals surface area contributed by atoms with Crippen LogP contribution < -0.4 is 16.0 Å². The molecule has 0 aliphatic carbocycles. The number of benzene rings is 4. The molecule has 0 unspecified atom stereocenters. The van der Waals surface area contributed by atoms with Crippen molar-refractivity contribution in [1.29, 1.82) is 0 Å². The maximum Gasteiger partial charge on any atom is 0.328 e. The molecular weight excluding hydrogens is 534 g/mol. The zero-order chi connectivity index (χ0) is 28.6. The molecule has 0 saturated heterocycles. The van der Waals surface area contributed by atoms with E-state index in [4.69, 9.17) is 11.6 Å². The maximum atomic E-state index is 12.8. The maximum absolute atomic E-state index is 12.8. The molecule has 1 atom stereocenters. The zero-order valence-corrected chi connectivity index (χ0v) is 21.9. The Kier molecular flexibility index (Phi) is 8.98. The minimum Gasteiger partial charge on any atom is -0.508 e. The van der Waals surface area contributed by atoms with Crippen LogP contribution in [0.3, 0.4) is 0 Å². The summed E-state index contributed by atoms with van der Waals surface area (Å²) in [6.07, 6.45) is 0.0441. The number of carboxylic acid groups (broad SMARTS) is 1. The van der Waals surface area contributed by atoms with Gasteiger partial charge in [0.15, 0.2) is 0 Å². The molecule has 3 amide bonds. The van der Waals surface area contributed by atoms with Gasteiger partial charge in [-0.1, -0.05) is 66.2 Å². The lowest BCUT2D eigenvalue weighted by atomic mass is 10.0. The number of fused-ring (bicyclic) bond motifs is 1. The van der Waals surface area contributed by atoms with Crippen LogP contribution in [0, 0.1) is 0 Å². The molecule has 0 fully saturated rings. The zero-order valence-electron chi connectivity index (χ0n) is 21.2. The number of hydrogen-bond donors (Lipinski definition) is 5. The van der Waals surface area contributed by atoms with Crippen molar-refractivity contribution in [2.24, 2.45) is 0 Å². The normalized spacial score (nSPS) is 11.4. The number of halogens is 1. The van der Waals surface area contributed by atoms with E-state index < -0.39 is 29.7 Å². The number of phenolic OH excluding ortho intramolecular Hbond substituents is 1. The van der Waals surface area contributed by atoms with Crippen LogP contribution in [-0.4, -0.2) is 46.5 Å². The Labute approximate surface area is 234 Å². The second-order valence-corrected chi connectivity index (χ2v) is 9.44. The summed E-state index contributed by atoms with van der Waals surface area (Å²) >= 11 is 6.24. The fourth-order valence-electron chi connectivity index (χ4n) is 4.13. The minimum absolute atomic E-state index is 0.0282. The van der Waals surface area contributed by atoms with E-state index in [2.05, 4.69) is 16.0 Å². The average molecular weight is 560 g/mol. The minimum atomic E-state index is -1.41. The molecule has 0 spiro atoms. The van der Waals surface area contributed by atoms with Gasteiger partial charge in [-0.15, -0.1) is 0 Å². The molecule has 0 aliphatic heterocycles. The van der Waals surface area contributed by atoms with Gasteiger partial charge in [0.05, 0.1) is 17.0 Å². The van der Waals surface area contributed by atoms with Crippen LogP contribution in [0.4, 0.5) is 0 Å². The Balaban J connectivity index is 1.34. The number of nitrogens with one attached hydrogen (secondary N) is 3. The lowest BCUT2D eigenvalue weighted by molar-refractivity contribution is -0.139. The van der Waals surface area contributed by atoms with E-state index in [-0.39, 0.29) is 41.4 Å². The largest absolute Gasteiger partial charge is 0.508 e. The third-order valence-corrected chi connectivity index (χ3v) is 6.49. The van der Waals surface area contributed by atoms with Crippen LogP contribution in [0.2, 0.25) is 5.02 Å². The highest BCUT2D eigenvalue weighted by molar-refractivity contribution is 6.34. The Morgan fingerprint density at radius 2 is 1.57 bits per heavy atom. The second kappa shape index (κ2) is 12.8. The van der Waals surface area contributed by atoms with Crippen molar-refractivity contribution in [1.82, 2.24) is 16.0 Å². The third-order valence-electron chi connectivity index (χ3n) is 6.18. The highest BCUT2D eigenvalue weighted by Crippen LogP contribution is 2.20. The number of carbonyl (C=O) groups is 4. The summed E-state index contributed by atoms with van der Waals surface area (Å²) in [7, 11) is 0. The van der Waals surface area contributed by atoms with Crippen LogP contribution >= 0.6 is 11.6 Å². The number of rotatable bonds is 10. The molecule has 9 nitrogen and oxygen atoms in total. The summed E-state index contributed by atoms with van der Waals surface area (Å²) in [6, 6.07) is 22.3. The van der Waals surface area contributed by atoms with Gasteiger partial charge in [0.2, 0.25) is 5.91 Å². The van der Waals surface area contributed by atoms with Crippen molar-refractivity contribution in [3.05, 3.63) is 112 Å². The molecule has 10 heteroatoms. The van der Waals surface area contributed by atoms with Gasteiger partial charge in [0, 0.05) is 18.7 Å². The van der Waals surface area contributed by atoms with Crippen LogP contribution in [0.15, 0.2) is 84.9 Å². The van der Waals surface area contributed by atoms with E-state index in [0.29, 0.717) is 5.56 Å². The molecule has 0 saturated carbocycles. The molecule has 0 aliphatic rings. The van der Waals surface area contributed by atoms with Crippen molar-refractivity contribution < 1.29 is 29.4 Å². The number of carboxylic acids is 1. The summed E-state index contributed by atoms with van der Waals surface area (Å²) in [5, 5.41) is 28.6. The van der Waals surface area contributed by atoms with E-state index in [1.165, 1.54) is 30.3 Å². The Hall–Kier alpha value is -4.89. The number of hydrogen-bond acceptors (Lipinski definition) is 5. The summed E-state index contributed by atoms with van der Waals surface area (Å²) < 4.78 is 0. The van der Waals surface area contributed by atoms with Crippen molar-refractivity contribution >= 4 is 46.1 Å². The molecule has 0 radical (unpaired) electrons. The second-order valence-electron chi connectivity index (χ2n) is 9.03. The standard InChI is InChI=1S/C30H26ClN3O6/c31-25-14-21(28(37)33-16-18-5-3-9-22(35)13-18)11-12-24(25)29(38)34-26(30(39)40)17-32-27(36)15-20-8-4-7-19-6-1-2-10-23(19)20/h1-14,26,35H,15-17H2,(H,32,36)(H,33,37)(H,34,38)(H,39,40)/t26-/m0/s1. The Bertz CT molecular complexity index is 1580. The van der Waals surface area contributed by atoms with Gasteiger partial charge in [-0.2, -0.15) is 0 Å². The predicted octanol–water partition coefficient (Wildman–Crippen LogP) is 3.67. The molecule has 4 aromatic rings. The average Bonchev–Trinajstić information content (AvgIpc) is 2.94. The molecular formula is C30H26ClN3O6. The Morgan fingerprint density at radius 1 is 0.825 bits per heavy atom. The first-order valence-electron chi connectivity index (χ1n) is 12.3. The molecule has 0 aromatic heterocycles. The molecule has 5 N–H and O–H groups in total. The van der Waals surface area contributed by atoms with E-state index in [0.717, 1.165) is 16.3 Å². The monoisotopic (exact) mass is 559 g/mol. The molecule has 0 heterocycles. The van der Waals surface area contributed by atoms with Gasteiger partial charge in [0.25, 0.3) is 11.8 Å². The van der Waals surface area contributed by atoms with Gasteiger partial charge < -0.3 is 26.2 Å². The molecule has 40 heavy (non-hydrogen) atoms. The van der Waals surface area contributed by atoms with Gasteiger partial charge in [-0.25, -0.2) is 4.79 Å². The lowest BCUT2D eigenvalue weighted by Gasteiger charge is -2.16. The highest BCUT2D eigenvalue weighted by Gasteiger charge is 2.23. The molecule has 204 valence electrons. The van der Waals surface area contributed by atoms with E-state index >= 15 is 0 Å². The van der Waals surface area contributed by atoms with E-state index in [9.17, 15) is 29.4 Å². The first-order valence-corrected chi connectivity index (χ1v) is 12.7. The third kappa shape index (κ3) is 7.15. The van der Waals surface area contributed by atoms with Crippen molar-refractivity contribution in [2.75, 3.05) is 6.54 Å². The van der Waals surface area contributed by atoms with Gasteiger partial charge in [-0.3, -0.25) is 14.4 Å². The van der Waals surface area contributed by atoms with Gasteiger partial charge in [-0.05, 0) is 52.2 Å². The molecule has 4 rings (SSSR count). The van der Waals surface area contributed by atoms with Crippen LogP contribution in [0.1, 0.15) is 31.8 Å².